The Morgan fingerprint density at radius 3 is 2.50 bits per heavy atom. The molecule has 0 atom stereocenters. The van der Waals surface area contributed by atoms with E-state index in [2.05, 4.69) is 49.6 Å². The third kappa shape index (κ3) is 3.14. The maximum Gasteiger partial charge on any atom is -0.00544 e. The molecule has 0 aliphatic rings. The first-order valence-corrected chi connectivity index (χ1v) is 5.22. The van der Waals surface area contributed by atoms with Gasteiger partial charge in [-0.1, -0.05) is 36.8 Å². The zero-order valence-corrected chi connectivity index (χ0v) is 8.40. The van der Waals surface area contributed by atoms with E-state index in [1.807, 2.05) is 11.8 Å². The van der Waals surface area contributed by atoms with Crippen LogP contribution in [0.2, 0.25) is 0 Å². The molecular weight excluding hydrogens is 164 g/mol. The van der Waals surface area contributed by atoms with E-state index in [4.69, 9.17) is 0 Å². The molecule has 1 rings (SSSR count). The molecule has 0 nitrogen and oxygen atoms in total. The quantitative estimate of drug-likeness (QED) is 0.679. The highest BCUT2D eigenvalue weighted by Crippen LogP contribution is 2.08. The van der Waals surface area contributed by atoms with Crippen LogP contribution < -0.4 is 0 Å². The Morgan fingerprint density at radius 1 is 1.25 bits per heavy atom. The van der Waals surface area contributed by atoms with Gasteiger partial charge < -0.3 is 0 Å². The topological polar surface area (TPSA) is 0 Å². The minimum Gasteiger partial charge on any atom is -0.134 e. The highest BCUT2D eigenvalue weighted by atomic mass is 32.2. The Morgan fingerprint density at radius 2 is 1.92 bits per heavy atom. The summed E-state index contributed by atoms with van der Waals surface area (Å²) in [5.41, 5.74) is 2.59. The Balaban J connectivity index is 2.58. The van der Waals surface area contributed by atoms with Gasteiger partial charge in [0.2, 0.25) is 0 Å². The van der Waals surface area contributed by atoms with Gasteiger partial charge in [-0.15, -0.1) is 11.8 Å². The predicted molar refractivity (Wildman–Crippen MR) is 58.3 cm³/mol. The van der Waals surface area contributed by atoms with Crippen LogP contribution in [-0.4, -0.2) is 5.75 Å². The van der Waals surface area contributed by atoms with Crippen molar-refractivity contribution in [1.29, 1.82) is 0 Å². The first kappa shape index (κ1) is 9.40. The molecule has 0 saturated carbocycles. The molecule has 1 aromatic rings. The molecule has 12 heavy (non-hydrogen) atoms. The van der Waals surface area contributed by atoms with Gasteiger partial charge in [0.05, 0.1) is 0 Å². The third-order valence-corrected chi connectivity index (χ3v) is 2.26. The SMILES string of the molecule is CCS/C=C/c1ccc(C)cc1. The van der Waals surface area contributed by atoms with E-state index in [0.717, 1.165) is 5.75 Å². The maximum absolute atomic E-state index is 2.16. The van der Waals surface area contributed by atoms with Crippen LogP contribution in [0.25, 0.3) is 6.08 Å². The summed E-state index contributed by atoms with van der Waals surface area (Å²) in [5.74, 6) is 1.14. The second-order valence-electron chi connectivity index (χ2n) is 2.67. The lowest BCUT2D eigenvalue weighted by atomic mass is 10.2. The zero-order chi connectivity index (χ0) is 8.81. The molecule has 64 valence electrons. The molecule has 0 aliphatic heterocycles. The molecular formula is C11H14S. The van der Waals surface area contributed by atoms with Crippen molar-refractivity contribution in [3.05, 3.63) is 40.8 Å². The molecule has 0 amide bonds. The number of aryl methyl sites for hydroxylation is 1. The highest BCUT2D eigenvalue weighted by molar-refractivity contribution is 8.02. The van der Waals surface area contributed by atoms with Crippen LogP contribution in [0.15, 0.2) is 29.7 Å². The summed E-state index contributed by atoms with van der Waals surface area (Å²) in [4.78, 5) is 0. The largest absolute Gasteiger partial charge is 0.134 e. The molecule has 0 fully saturated rings. The zero-order valence-electron chi connectivity index (χ0n) is 7.58. The number of thioether (sulfide) groups is 1. The average molecular weight is 178 g/mol. The Bertz CT molecular complexity index is 246. The lowest BCUT2D eigenvalue weighted by molar-refractivity contribution is 1.46. The van der Waals surface area contributed by atoms with Crippen molar-refractivity contribution in [3.8, 4) is 0 Å². The van der Waals surface area contributed by atoms with Gasteiger partial charge >= 0.3 is 0 Å². The van der Waals surface area contributed by atoms with Crippen molar-refractivity contribution in [2.75, 3.05) is 5.75 Å². The number of hydrogen-bond donors (Lipinski definition) is 0. The fraction of sp³-hybridized carbons (Fsp3) is 0.273. The second kappa shape index (κ2) is 5.04. The average Bonchev–Trinajstić information content (AvgIpc) is 2.09. The lowest BCUT2D eigenvalue weighted by Gasteiger charge is -1.93. The summed E-state index contributed by atoms with van der Waals surface area (Å²) in [7, 11) is 0. The summed E-state index contributed by atoms with van der Waals surface area (Å²) in [6.45, 7) is 4.26. The third-order valence-electron chi connectivity index (χ3n) is 1.60. The molecule has 1 aromatic carbocycles. The summed E-state index contributed by atoms with van der Waals surface area (Å²) < 4.78 is 0. The normalized spacial score (nSPS) is 10.8. The van der Waals surface area contributed by atoms with Crippen molar-refractivity contribution >= 4 is 17.8 Å². The van der Waals surface area contributed by atoms with E-state index in [0.29, 0.717) is 0 Å². The van der Waals surface area contributed by atoms with Crippen LogP contribution in [0.4, 0.5) is 0 Å². The lowest BCUT2D eigenvalue weighted by Crippen LogP contribution is -1.72. The maximum atomic E-state index is 2.16. The van der Waals surface area contributed by atoms with E-state index in [1.54, 1.807) is 0 Å². The van der Waals surface area contributed by atoms with Gasteiger partial charge in [0, 0.05) is 0 Å². The first-order chi connectivity index (χ1) is 5.83. The van der Waals surface area contributed by atoms with Crippen LogP contribution in [-0.2, 0) is 0 Å². The smallest absolute Gasteiger partial charge is 0.00544 e. The number of hydrogen-bond acceptors (Lipinski definition) is 1. The fourth-order valence-electron chi connectivity index (χ4n) is 0.900. The fourth-order valence-corrected chi connectivity index (χ4v) is 1.35. The molecule has 0 unspecified atom stereocenters. The summed E-state index contributed by atoms with van der Waals surface area (Å²) >= 11 is 1.83. The van der Waals surface area contributed by atoms with Gasteiger partial charge in [0.1, 0.15) is 0 Å². The second-order valence-corrected chi connectivity index (χ2v) is 3.85. The Hall–Kier alpha value is -0.690. The Labute approximate surface area is 78.7 Å². The summed E-state index contributed by atoms with van der Waals surface area (Å²) in [5, 5.41) is 2.14. The summed E-state index contributed by atoms with van der Waals surface area (Å²) in [6, 6.07) is 8.55. The molecule has 0 heterocycles. The molecule has 0 radical (unpaired) electrons. The van der Waals surface area contributed by atoms with E-state index >= 15 is 0 Å². The first-order valence-electron chi connectivity index (χ1n) is 4.17. The van der Waals surface area contributed by atoms with Crippen molar-refractivity contribution < 1.29 is 0 Å². The van der Waals surface area contributed by atoms with Gasteiger partial charge in [0.25, 0.3) is 0 Å². The van der Waals surface area contributed by atoms with Crippen LogP contribution in [0.3, 0.4) is 0 Å². The predicted octanol–water partition coefficient (Wildman–Crippen LogP) is 3.72. The van der Waals surface area contributed by atoms with E-state index in [1.165, 1.54) is 11.1 Å². The van der Waals surface area contributed by atoms with Gasteiger partial charge in [-0.2, -0.15) is 0 Å². The van der Waals surface area contributed by atoms with Gasteiger partial charge in [-0.25, -0.2) is 0 Å². The van der Waals surface area contributed by atoms with Crippen molar-refractivity contribution in [3.63, 3.8) is 0 Å². The molecule has 1 heteroatoms. The van der Waals surface area contributed by atoms with Crippen molar-refractivity contribution in [2.24, 2.45) is 0 Å². The number of rotatable bonds is 3. The molecule has 0 aromatic heterocycles. The van der Waals surface area contributed by atoms with Gasteiger partial charge in [0.15, 0.2) is 0 Å². The van der Waals surface area contributed by atoms with Crippen LogP contribution in [0, 0.1) is 6.92 Å². The molecule has 0 aliphatic carbocycles. The standard InChI is InChI=1S/C11H14S/c1-3-12-9-8-11-6-4-10(2)5-7-11/h4-9H,3H2,1-2H3/b9-8+. The number of benzene rings is 1. The van der Waals surface area contributed by atoms with E-state index in [9.17, 15) is 0 Å². The monoisotopic (exact) mass is 178 g/mol. The van der Waals surface area contributed by atoms with Crippen molar-refractivity contribution in [2.45, 2.75) is 13.8 Å². The Kier molecular flexibility index (Phi) is 3.95. The van der Waals surface area contributed by atoms with Gasteiger partial charge in [-0.3, -0.25) is 0 Å². The van der Waals surface area contributed by atoms with Crippen molar-refractivity contribution in [1.82, 2.24) is 0 Å². The highest BCUT2D eigenvalue weighted by Gasteiger charge is 1.84. The van der Waals surface area contributed by atoms with E-state index in [-0.39, 0.29) is 0 Å². The van der Waals surface area contributed by atoms with Crippen LogP contribution in [0.1, 0.15) is 18.1 Å². The molecule has 0 bridgehead atoms. The molecule has 0 saturated heterocycles. The summed E-state index contributed by atoms with van der Waals surface area (Å²) in [6.07, 6.45) is 2.15. The van der Waals surface area contributed by atoms with E-state index < -0.39 is 0 Å². The molecule has 0 N–H and O–H groups in total. The molecule has 0 spiro atoms. The van der Waals surface area contributed by atoms with Crippen LogP contribution >= 0.6 is 11.8 Å². The minimum absolute atomic E-state index is 1.14. The minimum atomic E-state index is 1.14. The van der Waals surface area contributed by atoms with Gasteiger partial charge in [-0.05, 0) is 29.7 Å². The van der Waals surface area contributed by atoms with Crippen LogP contribution in [0.5, 0.6) is 0 Å².